The van der Waals surface area contributed by atoms with Crippen LogP contribution in [0, 0.1) is 17.0 Å². The van der Waals surface area contributed by atoms with Crippen molar-refractivity contribution in [3.05, 3.63) is 56.3 Å². The van der Waals surface area contributed by atoms with Crippen LogP contribution in [0.25, 0.3) is 0 Å². The summed E-state index contributed by atoms with van der Waals surface area (Å²) in [6, 6.07) is 6.21. The van der Waals surface area contributed by atoms with E-state index in [2.05, 4.69) is 0 Å². The zero-order valence-electron chi connectivity index (χ0n) is 11.2. The Bertz CT molecular complexity index is 687. The standard InChI is InChI=1S/C13H11Cl2N2O4/c1-8-5-9(14)7-10(6-8)21-12-11(17(18)19)3-4-16(20-2)13(12)15/h3-7H,1-2H3/q+1. The lowest BCUT2D eigenvalue weighted by Gasteiger charge is -2.07. The Kier molecular flexibility index (Phi) is 4.50. The van der Waals surface area contributed by atoms with Gasteiger partial charge >= 0.3 is 10.8 Å². The van der Waals surface area contributed by atoms with Gasteiger partial charge in [0.05, 0.1) is 11.0 Å². The van der Waals surface area contributed by atoms with Crippen LogP contribution in [0.4, 0.5) is 5.69 Å². The maximum Gasteiger partial charge on any atom is 0.374 e. The van der Waals surface area contributed by atoms with Crippen molar-refractivity contribution in [3.8, 4) is 11.5 Å². The number of nitro groups is 1. The third-order valence-electron chi connectivity index (χ3n) is 2.61. The summed E-state index contributed by atoms with van der Waals surface area (Å²) >= 11 is 12.0. The lowest BCUT2D eigenvalue weighted by Crippen LogP contribution is -2.41. The molecule has 0 radical (unpaired) electrons. The molecule has 1 heterocycles. The molecule has 21 heavy (non-hydrogen) atoms. The van der Waals surface area contributed by atoms with Gasteiger partial charge in [0.15, 0.2) is 0 Å². The van der Waals surface area contributed by atoms with Gasteiger partial charge in [-0.2, -0.15) is 0 Å². The molecule has 0 aliphatic rings. The monoisotopic (exact) mass is 329 g/mol. The first-order chi connectivity index (χ1) is 9.92. The third-order valence-corrected chi connectivity index (χ3v) is 3.17. The molecule has 1 aromatic carbocycles. The number of ether oxygens (including phenoxy) is 1. The molecule has 0 unspecified atom stereocenters. The summed E-state index contributed by atoms with van der Waals surface area (Å²) in [6.45, 7) is 1.83. The molecule has 2 rings (SSSR count). The van der Waals surface area contributed by atoms with Crippen molar-refractivity contribution >= 4 is 28.9 Å². The van der Waals surface area contributed by atoms with E-state index in [1.807, 2.05) is 6.92 Å². The molecular formula is C13H11Cl2N2O4+. The molecule has 0 aliphatic carbocycles. The van der Waals surface area contributed by atoms with E-state index in [4.69, 9.17) is 32.8 Å². The van der Waals surface area contributed by atoms with E-state index in [1.165, 1.54) is 19.4 Å². The molecule has 1 aromatic heterocycles. The molecule has 0 spiro atoms. The summed E-state index contributed by atoms with van der Waals surface area (Å²) in [5, 5.41) is 11.5. The zero-order chi connectivity index (χ0) is 15.6. The van der Waals surface area contributed by atoms with Crippen LogP contribution >= 0.6 is 23.2 Å². The second-order valence-electron chi connectivity index (χ2n) is 4.15. The molecule has 6 nitrogen and oxygen atoms in total. The predicted molar refractivity (Wildman–Crippen MR) is 77.1 cm³/mol. The molecule has 0 aliphatic heterocycles. The number of hydrogen-bond acceptors (Lipinski definition) is 4. The molecule has 0 amide bonds. The van der Waals surface area contributed by atoms with Gasteiger partial charge in [-0.1, -0.05) is 11.6 Å². The van der Waals surface area contributed by atoms with Crippen LogP contribution in [-0.4, -0.2) is 12.0 Å². The van der Waals surface area contributed by atoms with Crippen LogP contribution in [0.1, 0.15) is 5.56 Å². The largest absolute Gasteiger partial charge is 0.443 e. The van der Waals surface area contributed by atoms with Crippen molar-refractivity contribution in [3.63, 3.8) is 0 Å². The Morgan fingerprint density at radius 1 is 1.29 bits per heavy atom. The summed E-state index contributed by atoms with van der Waals surface area (Å²) < 4.78 is 6.70. The molecular weight excluding hydrogens is 319 g/mol. The van der Waals surface area contributed by atoms with Crippen molar-refractivity contribution in [1.82, 2.24) is 0 Å². The van der Waals surface area contributed by atoms with Crippen molar-refractivity contribution < 1.29 is 19.2 Å². The van der Waals surface area contributed by atoms with Crippen LogP contribution in [0.5, 0.6) is 11.5 Å². The minimum absolute atomic E-state index is 0.0515. The van der Waals surface area contributed by atoms with Crippen molar-refractivity contribution in [2.45, 2.75) is 6.92 Å². The smallest absolute Gasteiger partial charge is 0.374 e. The number of hydrogen-bond donors (Lipinski definition) is 0. The number of aryl methyl sites for hydroxylation is 1. The van der Waals surface area contributed by atoms with Gasteiger partial charge < -0.3 is 4.74 Å². The van der Waals surface area contributed by atoms with Gasteiger partial charge in [-0.25, -0.2) is 0 Å². The molecule has 0 fully saturated rings. The predicted octanol–water partition coefficient (Wildman–Crippen LogP) is 3.35. The molecule has 0 N–H and O–H groups in total. The average Bonchev–Trinajstić information content (AvgIpc) is 2.39. The zero-order valence-corrected chi connectivity index (χ0v) is 12.7. The maximum atomic E-state index is 11.1. The van der Waals surface area contributed by atoms with Gasteiger partial charge in [0.1, 0.15) is 12.9 Å². The van der Waals surface area contributed by atoms with Crippen molar-refractivity contribution in [1.29, 1.82) is 0 Å². The van der Waals surface area contributed by atoms with Crippen LogP contribution in [-0.2, 0) is 0 Å². The topological polar surface area (TPSA) is 65.5 Å². The van der Waals surface area contributed by atoms with E-state index in [-0.39, 0.29) is 16.6 Å². The van der Waals surface area contributed by atoms with E-state index < -0.39 is 4.92 Å². The number of nitrogens with zero attached hydrogens (tertiary/aromatic N) is 2. The number of rotatable bonds is 4. The summed E-state index contributed by atoms with van der Waals surface area (Å²) in [6.07, 6.45) is 1.33. The van der Waals surface area contributed by atoms with E-state index in [9.17, 15) is 10.1 Å². The molecule has 0 saturated carbocycles. The highest BCUT2D eigenvalue weighted by molar-refractivity contribution is 6.31. The highest BCUT2D eigenvalue weighted by Crippen LogP contribution is 2.36. The van der Waals surface area contributed by atoms with Gasteiger partial charge in [-0.3, -0.25) is 15.0 Å². The number of pyridine rings is 1. The Balaban J connectivity index is 2.53. The number of halogens is 2. The van der Waals surface area contributed by atoms with E-state index in [1.54, 1.807) is 18.2 Å². The summed E-state index contributed by atoms with van der Waals surface area (Å²) in [7, 11) is 1.38. The SMILES string of the molecule is CO[n+]1ccc([N+](=O)[O-])c(Oc2cc(C)cc(Cl)c2)c1Cl. The van der Waals surface area contributed by atoms with Crippen LogP contribution in [0.15, 0.2) is 30.5 Å². The fourth-order valence-electron chi connectivity index (χ4n) is 1.74. The Morgan fingerprint density at radius 3 is 2.57 bits per heavy atom. The molecule has 0 bridgehead atoms. The van der Waals surface area contributed by atoms with Crippen LogP contribution in [0.3, 0.4) is 0 Å². The first-order valence-corrected chi connectivity index (χ1v) is 6.56. The minimum Gasteiger partial charge on any atom is -0.443 e. The van der Waals surface area contributed by atoms with E-state index >= 15 is 0 Å². The van der Waals surface area contributed by atoms with Crippen LogP contribution in [0.2, 0.25) is 10.2 Å². The molecule has 0 atom stereocenters. The highest BCUT2D eigenvalue weighted by Gasteiger charge is 2.29. The first kappa shape index (κ1) is 15.3. The fraction of sp³-hybridized carbons (Fsp3) is 0.154. The molecule has 0 saturated heterocycles. The third kappa shape index (κ3) is 3.34. The van der Waals surface area contributed by atoms with Gasteiger partial charge in [0.2, 0.25) is 6.20 Å². The highest BCUT2D eigenvalue weighted by atomic mass is 35.5. The second-order valence-corrected chi connectivity index (χ2v) is 4.95. The normalized spacial score (nSPS) is 10.3. The van der Waals surface area contributed by atoms with E-state index in [0.717, 1.165) is 10.3 Å². The van der Waals surface area contributed by atoms with Gasteiger partial charge in [0.25, 0.3) is 5.75 Å². The van der Waals surface area contributed by atoms with Gasteiger partial charge in [0, 0.05) is 9.75 Å². The van der Waals surface area contributed by atoms with Crippen molar-refractivity contribution in [2.24, 2.45) is 0 Å². The Labute approximate surface area is 130 Å². The van der Waals surface area contributed by atoms with Gasteiger partial charge in [-0.15, -0.1) is 0 Å². The quantitative estimate of drug-likeness (QED) is 0.373. The fourth-order valence-corrected chi connectivity index (χ4v) is 2.28. The lowest BCUT2D eigenvalue weighted by atomic mass is 10.2. The summed E-state index contributed by atoms with van der Waals surface area (Å²) in [5.74, 6) is 0.228. The maximum absolute atomic E-state index is 11.1. The van der Waals surface area contributed by atoms with Crippen LogP contribution < -0.4 is 14.3 Å². The Morgan fingerprint density at radius 2 is 2.00 bits per heavy atom. The summed E-state index contributed by atoms with van der Waals surface area (Å²) in [4.78, 5) is 15.5. The van der Waals surface area contributed by atoms with Crippen molar-refractivity contribution in [2.75, 3.05) is 7.11 Å². The Hall–Kier alpha value is -2.05. The number of benzene rings is 1. The summed E-state index contributed by atoms with van der Waals surface area (Å²) in [5.41, 5.74) is 0.581. The first-order valence-electron chi connectivity index (χ1n) is 5.80. The lowest BCUT2D eigenvalue weighted by molar-refractivity contribution is -0.883. The molecule has 2 aromatic rings. The number of aromatic nitrogens is 1. The van der Waals surface area contributed by atoms with E-state index in [0.29, 0.717) is 10.8 Å². The molecule has 110 valence electrons. The molecule has 8 heteroatoms. The average molecular weight is 330 g/mol. The second kappa shape index (κ2) is 6.15. The van der Waals surface area contributed by atoms with Gasteiger partial charge in [-0.05, 0) is 42.3 Å². The minimum atomic E-state index is -0.585.